The van der Waals surface area contributed by atoms with Crippen LogP contribution in [0.5, 0.6) is 0 Å². The normalized spacial score (nSPS) is 11.8. The molecule has 2 aromatic rings. The molecule has 1 atom stereocenters. The van der Waals surface area contributed by atoms with Crippen LogP contribution in [0.3, 0.4) is 0 Å². The SMILES string of the molecule is COC(=O)C(NCc1cccc(C(=O)NC(C)C)c1)c1ccccc1. The first-order chi connectivity index (χ1) is 12.0. The standard InChI is InChI=1S/C20H24N2O3/c1-14(2)22-19(23)17-11-7-8-15(12-17)13-21-18(20(24)25-3)16-9-5-4-6-10-16/h4-12,14,18,21H,13H2,1-3H3,(H,22,23). The Morgan fingerprint density at radius 1 is 1.04 bits per heavy atom. The lowest BCUT2D eigenvalue weighted by Crippen LogP contribution is -2.31. The average Bonchev–Trinajstić information content (AvgIpc) is 2.62. The summed E-state index contributed by atoms with van der Waals surface area (Å²) in [6.07, 6.45) is 0. The van der Waals surface area contributed by atoms with Gasteiger partial charge in [0.05, 0.1) is 7.11 Å². The summed E-state index contributed by atoms with van der Waals surface area (Å²) < 4.78 is 4.90. The monoisotopic (exact) mass is 340 g/mol. The molecule has 0 saturated carbocycles. The maximum absolute atomic E-state index is 12.1. The van der Waals surface area contributed by atoms with Gasteiger partial charge in [0.15, 0.2) is 0 Å². The summed E-state index contributed by atoms with van der Waals surface area (Å²) in [5.74, 6) is -0.454. The van der Waals surface area contributed by atoms with Crippen LogP contribution in [0.15, 0.2) is 54.6 Å². The lowest BCUT2D eigenvalue weighted by Gasteiger charge is -2.17. The predicted molar refractivity (Wildman–Crippen MR) is 97.1 cm³/mol. The van der Waals surface area contributed by atoms with Gasteiger partial charge in [0, 0.05) is 18.2 Å². The van der Waals surface area contributed by atoms with Gasteiger partial charge < -0.3 is 10.1 Å². The Labute approximate surface area is 148 Å². The van der Waals surface area contributed by atoms with Crippen LogP contribution in [0, 0.1) is 0 Å². The summed E-state index contributed by atoms with van der Waals surface area (Å²) in [5, 5.41) is 6.07. The van der Waals surface area contributed by atoms with Gasteiger partial charge in [0.25, 0.3) is 5.91 Å². The summed E-state index contributed by atoms with van der Waals surface area (Å²) in [7, 11) is 1.37. The van der Waals surface area contributed by atoms with E-state index < -0.39 is 6.04 Å². The van der Waals surface area contributed by atoms with Crippen molar-refractivity contribution in [3.63, 3.8) is 0 Å². The van der Waals surface area contributed by atoms with E-state index in [-0.39, 0.29) is 17.9 Å². The Bertz CT molecular complexity index is 714. The first kappa shape index (κ1) is 18.7. The molecule has 0 heterocycles. The quantitative estimate of drug-likeness (QED) is 0.761. The highest BCUT2D eigenvalue weighted by Crippen LogP contribution is 2.15. The largest absolute Gasteiger partial charge is 0.468 e. The fraction of sp³-hybridized carbons (Fsp3) is 0.300. The maximum atomic E-state index is 12.1. The number of hydrogen-bond acceptors (Lipinski definition) is 4. The molecule has 0 aliphatic carbocycles. The third-order valence-corrected chi connectivity index (χ3v) is 3.69. The van der Waals surface area contributed by atoms with E-state index in [0.717, 1.165) is 11.1 Å². The van der Waals surface area contributed by atoms with Gasteiger partial charge >= 0.3 is 5.97 Å². The van der Waals surface area contributed by atoms with Crippen LogP contribution < -0.4 is 10.6 Å². The Morgan fingerprint density at radius 2 is 1.76 bits per heavy atom. The van der Waals surface area contributed by atoms with Crippen molar-refractivity contribution in [2.45, 2.75) is 32.5 Å². The van der Waals surface area contributed by atoms with E-state index in [4.69, 9.17) is 4.74 Å². The zero-order valence-electron chi connectivity index (χ0n) is 14.8. The minimum absolute atomic E-state index is 0.0797. The molecule has 0 aromatic heterocycles. The van der Waals surface area contributed by atoms with Crippen LogP contribution in [0.4, 0.5) is 0 Å². The van der Waals surface area contributed by atoms with Crippen LogP contribution >= 0.6 is 0 Å². The molecule has 2 aromatic carbocycles. The molecule has 0 aliphatic heterocycles. The molecule has 0 saturated heterocycles. The Morgan fingerprint density at radius 3 is 2.40 bits per heavy atom. The molecule has 132 valence electrons. The fourth-order valence-corrected chi connectivity index (χ4v) is 2.49. The van der Waals surface area contributed by atoms with E-state index in [9.17, 15) is 9.59 Å². The third-order valence-electron chi connectivity index (χ3n) is 3.69. The minimum Gasteiger partial charge on any atom is -0.468 e. The van der Waals surface area contributed by atoms with Crippen molar-refractivity contribution in [2.75, 3.05) is 7.11 Å². The van der Waals surface area contributed by atoms with E-state index in [1.54, 1.807) is 6.07 Å². The van der Waals surface area contributed by atoms with Crippen molar-refractivity contribution in [2.24, 2.45) is 0 Å². The first-order valence-electron chi connectivity index (χ1n) is 8.27. The molecule has 5 nitrogen and oxygen atoms in total. The molecule has 25 heavy (non-hydrogen) atoms. The summed E-state index contributed by atoms with van der Waals surface area (Å²) in [6, 6.07) is 16.3. The molecule has 0 aliphatic rings. The Balaban J connectivity index is 2.10. The van der Waals surface area contributed by atoms with E-state index in [2.05, 4.69) is 10.6 Å². The topological polar surface area (TPSA) is 67.4 Å². The number of rotatable bonds is 7. The first-order valence-corrected chi connectivity index (χ1v) is 8.27. The predicted octanol–water partition coefficient (Wildman–Crippen LogP) is 2.83. The Kier molecular flexibility index (Phi) is 6.71. The molecule has 0 radical (unpaired) electrons. The van der Waals surface area contributed by atoms with Gasteiger partial charge in [-0.15, -0.1) is 0 Å². The Hall–Kier alpha value is -2.66. The third kappa shape index (κ3) is 5.43. The van der Waals surface area contributed by atoms with E-state index in [1.165, 1.54) is 7.11 Å². The van der Waals surface area contributed by atoms with Crippen molar-refractivity contribution < 1.29 is 14.3 Å². The molecule has 2 N–H and O–H groups in total. The summed E-state index contributed by atoms with van der Waals surface area (Å²) in [5.41, 5.74) is 2.35. The highest BCUT2D eigenvalue weighted by Gasteiger charge is 2.20. The number of carbonyl (C=O) groups excluding carboxylic acids is 2. The summed E-state index contributed by atoms with van der Waals surface area (Å²) in [6.45, 7) is 4.28. The lowest BCUT2D eigenvalue weighted by atomic mass is 10.1. The fourth-order valence-electron chi connectivity index (χ4n) is 2.49. The summed E-state index contributed by atoms with van der Waals surface area (Å²) in [4.78, 5) is 24.2. The van der Waals surface area contributed by atoms with E-state index in [0.29, 0.717) is 12.1 Å². The number of ether oxygens (including phenoxy) is 1. The van der Waals surface area contributed by atoms with Crippen LogP contribution in [0.2, 0.25) is 0 Å². The second-order valence-corrected chi connectivity index (χ2v) is 6.08. The second-order valence-electron chi connectivity index (χ2n) is 6.08. The van der Waals surface area contributed by atoms with Crippen molar-refractivity contribution >= 4 is 11.9 Å². The number of amides is 1. The number of benzene rings is 2. The highest BCUT2D eigenvalue weighted by molar-refractivity contribution is 5.94. The smallest absolute Gasteiger partial charge is 0.327 e. The van der Waals surface area contributed by atoms with Crippen LogP contribution in [0.25, 0.3) is 0 Å². The van der Waals surface area contributed by atoms with Crippen molar-refractivity contribution in [1.82, 2.24) is 10.6 Å². The second kappa shape index (κ2) is 8.99. The number of hydrogen-bond donors (Lipinski definition) is 2. The van der Waals surface area contributed by atoms with E-state index >= 15 is 0 Å². The van der Waals surface area contributed by atoms with Gasteiger partial charge in [-0.3, -0.25) is 10.1 Å². The number of methoxy groups -OCH3 is 1. The van der Waals surface area contributed by atoms with Gasteiger partial charge in [0.1, 0.15) is 6.04 Å². The van der Waals surface area contributed by atoms with Crippen LogP contribution in [-0.2, 0) is 16.1 Å². The zero-order valence-corrected chi connectivity index (χ0v) is 14.8. The molecular formula is C20H24N2O3. The molecule has 0 spiro atoms. The van der Waals surface area contributed by atoms with Crippen molar-refractivity contribution in [3.8, 4) is 0 Å². The average molecular weight is 340 g/mol. The van der Waals surface area contributed by atoms with Gasteiger partial charge in [-0.25, -0.2) is 4.79 Å². The van der Waals surface area contributed by atoms with Crippen LogP contribution in [0.1, 0.15) is 41.4 Å². The maximum Gasteiger partial charge on any atom is 0.327 e. The number of esters is 1. The van der Waals surface area contributed by atoms with Gasteiger partial charge in [-0.2, -0.15) is 0 Å². The summed E-state index contributed by atoms with van der Waals surface area (Å²) >= 11 is 0. The lowest BCUT2D eigenvalue weighted by molar-refractivity contribution is -0.143. The molecule has 2 rings (SSSR count). The van der Waals surface area contributed by atoms with E-state index in [1.807, 2.05) is 62.4 Å². The molecule has 0 fully saturated rings. The molecule has 1 amide bonds. The van der Waals surface area contributed by atoms with Gasteiger partial charge in [-0.05, 0) is 37.1 Å². The van der Waals surface area contributed by atoms with Gasteiger partial charge in [-0.1, -0.05) is 42.5 Å². The molecule has 1 unspecified atom stereocenters. The molecular weight excluding hydrogens is 316 g/mol. The molecule has 5 heteroatoms. The van der Waals surface area contributed by atoms with Gasteiger partial charge in [0.2, 0.25) is 0 Å². The number of nitrogens with one attached hydrogen (secondary N) is 2. The minimum atomic E-state index is -0.556. The molecule has 0 bridgehead atoms. The highest BCUT2D eigenvalue weighted by atomic mass is 16.5. The van der Waals surface area contributed by atoms with Crippen molar-refractivity contribution in [3.05, 3.63) is 71.3 Å². The number of carbonyl (C=O) groups is 2. The van der Waals surface area contributed by atoms with Crippen molar-refractivity contribution in [1.29, 1.82) is 0 Å². The van der Waals surface area contributed by atoms with Crippen LogP contribution in [-0.4, -0.2) is 25.0 Å². The zero-order chi connectivity index (χ0) is 18.2.